The molecule has 0 amide bonds. The summed E-state index contributed by atoms with van der Waals surface area (Å²) in [5.41, 5.74) is 4.14. The third-order valence-electron chi connectivity index (χ3n) is 4.11. The molecular formula is C16H24N2O. The van der Waals surface area contributed by atoms with Crippen molar-refractivity contribution >= 4 is 5.69 Å². The molecule has 1 aliphatic heterocycles. The second kappa shape index (κ2) is 5.51. The molecule has 3 heteroatoms. The molecule has 1 unspecified atom stereocenters. The van der Waals surface area contributed by atoms with Crippen LogP contribution in [-0.2, 0) is 11.3 Å². The molecule has 19 heavy (non-hydrogen) atoms. The summed E-state index contributed by atoms with van der Waals surface area (Å²) in [5.74, 6) is 0. The number of hydrogen-bond donors (Lipinski definition) is 1. The largest absolute Gasteiger partial charge is 0.377 e. The van der Waals surface area contributed by atoms with E-state index in [9.17, 15) is 0 Å². The highest BCUT2D eigenvalue weighted by Crippen LogP contribution is 2.25. The predicted molar refractivity (Wildman–Crippen MR) is 78.7 cm³/mol. The summed E-state index contributed by atoms with van der Waals surface area (Å²) >= 11 is 0. The van der Waals surface area contributed by atoms with Gasteiger partial charge in [0.15, 0.2) is 0 Å². The van der Waals surface area contributed by atoms with Gasteiger partial charge in [0.05, 0.1) is 13.2 Å². The molecule has 3 nitrogen and oxygen atoms in total. The van der Waals surface area contributed by atoms with Gasteiger partial charge < -0.3 is 15.0 Å². The van der Waals surface area contributed by atoms with Crippen LogP contribution in [0.25, 0.3) is 0 Å². The molecule has 1 heterocycles. The van der Waals surface area contributed by atoms with Crippen molar-refractivity contribution < 1.29 is 4.74 Å². The van der Waals surface area contributed by atoms with Gasteiger partial charge in [0, 0.05) is 30.9 Å². The van der Waals surface area contributed by atoms with Crippen molar-refractivity contribution in [3.05, 3.63) is 29.3 Å². The SMILES string of the molecule is Cc1cc(CNC2CC2)ccc1N1CCOCC1C. The Balaban J connectivity index is 1.70. The molecule has 1 saturated carbocycles. The van der Waals surface area contributed by atoms with E-state index in [1.807, 2.05) is 0 Å². The summed E-state index contributed by atoms with van der Waals surface area (Å²) in [4.78, 5) is 2.47. The first-order valence-electron chi connectivity index (χ1n) is 7.41. The number of anilines is 1. The minimum Gasteiger partial charge on any atom is -0.377 e. The average molecular weight is 260 g/mol. The molecule has 1 saturated heterocycles. The van der Waals surface area contributed by atoms with Crippen molar-refractivity contribution in [2.75, 3.05) is 24.7 Å². The van der Waals surface area contributed by atoms with Crippen molar-refractivity contribution in [1.29, 1.82) is 0 Å². The fourth-order valence-electron chi connectivity index (χ4n) is 2.78. The topological polar surface area (TPSA) is 24.5 Å². The van der Waals surface area contributed by atoms with Crippen LogP contribution in [-0.4, -0.2) is 31.8 Å². The number of morpholine rings is 1. The van der Waals surface area contributed by atoms with Crippen LogP contribution >= 0.6 is 0 Å². The molecule has 2 aliphatic rings. The number of nitrogens with one attached hydrogen (secondary N) is 1. The van der Waals surface area contributed by atoms with E-state index in [4.69, 9.17) is 4.74 Å². The van der Waals surface area contributed by atoms with Gasteiger partial charge in [0.25, 0.3) is 0 Å². The van der Waals surface area contributed by atoms with E-state index in [1.54, 1.807) is 0 Å². The Morgan fingerprint density at radius 1 is 1.37 bits per heavy atom. The fourth-order valence-corrected chi connectivity index (χ4v) is 2.78. The van der Waals surface area contributed by atoms with Crippen LogP contribution in [0.2, 0.25) is 0 Å². The standard InChI is InChI=1S/C16H24N2O/c1-12-9-14(10-17-15-4-5-15)3-6-16(12)18-7-8-19-11-13(18)2/h3,6,9,13,15,17H,4-5,7-8,10-11H2,1-2H3. The summed E-state index contributed by atoms with van der Waals surface area (Å²) in [7, 11) is 0. The maximum atomic E-state index is 5.52. The monoisotopic (exact) mass is 260 g/mol. The Kier molecular flexibility index (Phi) is 3.76. The zero-order valence-electron chi connectivity index (χ0n) is 12.0. The molecule has 1 aliphatic carbocycles. The van der Waals surface area contributed by atoms with Gasteiger partial charge in [-0.1, -0.05) is 12.1 Å². The van der Waals surface area contributed by atoms with E-state index in [0.29, 0.717) is 6.04 Å². The number of rotatable bonds is 4. The van der Waals surface area contributed by atoms with Gasteiger partial charge in [-0.25, -0.2) is 0 Å². The number of nitrogens with zero attached hydrogens (tertiary/aromatic N) is 1. The van der Waals surface area contributed by atoms with Crippen LogP contribution in [0.4, 0.5) is 5.69 Å². The number of aryl methyl sites for hydroxylation is 1. The van der Waals surface area contributed by atoms with E-state index < -0.39 is 0 Å². The lowest BCUT2D eigenvalue weighted by Gasteiger charge is -2.36. The molecule has 1 aromatic carbocycles. The van der Waals surface area contributed by atoms with E-state index in [-0.39, 0.29) is 0 Å². The summed E-state index contributed by atoms with van der Waals surface area (Å²) in [5, 5.41) is 3.57. The van der Waals surface area contributed by atoms with Gasteiger partial charge in [-0.05, 0) is 43.9 Å². The molecule has 0 spiro atoms. The van der Waals surface area contributed by atoms with Crippen LogP contribution < -0.4 is 10.2 Å². The maximum absolute atomic E-state index is 5.52. The van der Waals surface area contributed by atoms with Gasteiger partial charge in [-0.3, -0.25) is 0 Å². The Labute approximate surface area is 115 Å². The number of hydrogen-bond acceptors (Lipinski definition) is 3. The first-order chi connectivity index (χ1) is 9.24. The highest BCUT2D eigenvalue weighted by molar-refractivity contribution is 5.55. The number of benzene rings is 1. The molecule has 104 valence electrons. The zero-order valence-corrected chi connectivity index (χ0v) is 12.0. The van der Waals surface area contributed by atoms with Crippen LogP contribution in [0, 0.1) is 6.92 Å². The molecule has 2 fully saturated rings. The van der Waals surface area contributed by atoms with Gasteiger partial charge in [-0.15, -0.1) is 0 Å². The van der Waals surface area contributed by atoms with Crippen molar-refractivity contribution in [1.82, 2.24) is 5.32 Å². The normalized spacial score (nSPS) is 23.7. The van der Waals surface area contributed by atoms with Gasteiger partial charge in [0.1, 0.15) is 0 Å². The van der Waals surface area contributed by atoms with E-state index in [2.05, 4.69) is 42.3 Å². The third-order valence-corrected chi connectivity index (χ3v) is 4.11. The van der Waals surface area contributed by atoms with Crippen molar-refractivity contribution in [2.24, 2.45) is 0 Å². The third kappa shape index (κ3) is 3.10. The molecule has 0 radical (unpaired) electrons. The van der Waals surface area contributed by atoms with Crippen molar-refractivity contribution in [3.63, 3.8) is 0 Å². The molecule has 0 aromatic heterocycles. The van der Waals surface area contributed by atoms with Crippen LogP contribution in [0.1, 0.15) is 30.9 Å². The van der Waals surface area contributed by atoms with Gasteiger partial charge in [0.2, 0.25) is 0 Å². The lowest BCUT2D eigenvalue weighted by Crippen LogP contribution is -2.44. The zero-order chi connectivity index (χ0) is 13.2. The summed E-state index contributed by atoms with van der Waals surface area (Å²) in [6, 6.07) is 8.12. The molecule has 1 atom stereocenters. The highest BCUT2D eigenvalue weighted by atomic mass is 16.5. The van der Waals surface area contributed by atoms with Crippen molar-refractivity contribution in [3.8, 4) is 0 Å². The highest BCUT2D eigenvalue weighted by Gasteiger charge is 2.21. The van der Waals surface area contributed by atoms with E-state index in [1.165, 1.54) is 29.7 Å². The Hall–Kier alpha value is -1.06. The smallest absolute Gasteiger partial charge is 0.0668 e. The summed E-state index contributed by atoms with van der Waals surface area (Å²) in [6.45, 7) is 8.14. The first-order valence-corrected chi connectivity index (χ1v) is 7.41. The van der Waals surface area contributed by atoms with Crippen molar-refractivity contribution in [2.45, 2.75) is 45.3 Å². The molecule has 3 rings (SSSR count). The molecule has 0 bridgehead atoms. The first kappa shape index (κ1) is 12.9. The second-order valence-corrected chi connectivity index (χ2v) is 5.89. The van der Waals surface area contributed by atoms with Gasteiger partial charge >= 0.3 is 0 Å². The van der Waals surface area contributed by atoms with Crippen LogP contribution in [0.3, 0.4) is 0 Å². The van der Waals surface area contributed by atoms with E-state index in [0.717, 1.165) is 32.3 Å². The second-order valence-electron chi connectivity index (χ2n) is 5.89. The summed E-state index contributed by atoms with van der Waals surface area (Å²) in [6.07, 6.45) is 2.70. The van der Waals surface area contributed by atoms with Gasteiger partial charge in [-0.2, -0.15) is 0 Å². The predicted octanol–water partition coefficient (Wildman–Crippen LogP) is 2.47. The minimum atomic E-state index is 0.475. The average Bonchev–Trinajstić information content (AvgIpc) is 3.22. The Morgan fingerprint density at radius 3 is 2.89 bits per heavy atom. The minimum absolute atomic E-state index is 0.475. The lowest BCUT2D eigenvalue weighted by molar-refractivity contribution is 0.0989. The number of ether oxygens (including phenoxy) is 1. The Morgan fingerprint density at radius 2 is 2.21 bits per heavy atom. The summed E-state index contributed by atoms with van der Waals surface area (Å²) < 4.78 is 5.52. The molecule has 1 aromatic rings. The lowest BCUT2D eigenvalue weighted by atomic mass is 10.1. The van der Waals surface area contributed by atoms with Crippen LogP contribution in [0.15, 0.2) is 18.2 Å². The van der Waals surface area contributed by atoms with E-state index >= 15 is 0 Å². The Bertz CT molecular complexity index is 442. The quantitative estimate of drug-likeness (QED) is 0.900. The maximum Gasteiger partial charge on any atom is 0.0668 e. The molecule has 1 N–H and O–H groups in total. The molecular weight excluding hydrogens is 236 g/mol. The van der Waals surface area contributed by atoms with Crippen LogP contribution in [0.5, 0.6) is 0 Å². The fraction of sp³-hybridized carbons (Fsp3) is 0.625.